The maximum atomic E-state index is 4.90. The van der Waals surface area contributed by atoms with Gasteiger partial charge in [0.1, 0.15) is 0 Å². The Labute approximate surface area is 148 Å². The zero-order valence-corrected chi connectivity index (χ0v) is 19.6. The normalized spacial score (nSPS) is 10.0. The molecule has 0 spiro atoms. The first-order valence-electron chi connectivity index (χ1n) is 8.26. The number of hydrogen-bond acceptors (Lipinski definition) is 1. The van der Waals surface area contributed by atoms with Crippen LogP contribution in [0.3, 0.4) is 0 Å². The van der Waals surface area contributed by atoms with E-state index >= 15 is 0 Å². The maximum absolute atomic E-state index is 4.90. The van der Waals surface area contributed by atoms with Crippen LogP contribution in [0.4, 0.5) is 0 Å². The van der Waals surface area contributed by atoms with Gasteiger partial charge in [-0.25, -0.2) is 0 Å². The molecule has 0 saturated heterocycles. The molecule has 20 heavy (non-hydrogen) atoms. The topological polar surface area (TPSA) is 0 Å². The second kappa shape index (κ2) is 17.6. The average molecular weight is 479 g/mol. The van der Waals surface area contributed by atoms with Crippen LogP contribution in [0.15, 0.2) is 30.3 Å². The van der Waals surface area contributed by atoms with Crippen LogP contribution < -0.4 is 3.07 Å². The van der Waals surface area contributed by atoms with E-state index < -0.39 is 0 Å². The van der Waals surface area contributed by atoms with E-state index in [-0.39, 0.29) is 0 Å². The first-order chi connectivity index (χ1) is 9.81. The molecule has 0 heterocycles. The zero-order chi connectivity index (χ0) is 14.9. The summed E-state index contributed by atoms with van der Waals surface area (Å²) < 4.78 is 1.52. The van der Waals surface area contributed by atoms with Gasteiger partial charge in [0.2, 0.25) is 0 Å². The molecule has 1 aromatic rings. The Balaban J connectivity index is 0.000000428. The molecule has 0 unspecified atom stereocenters. The molecule has 0 aliphatic heterocycles. The minimum absolute atomic E-state index is 0.810. The van der Waals surface area contributed by atoms with Crippen molar-refractivity contribution in [3.05, 3.63) is 30.3 Å². The standard InChI is InChI=1S/C12H26S.C6H5.Hg/c1-2-3-4-5-6-7-8-9-10-11-12-13;1-2-4-6-5-3-1;/h13H,2-12H2,1H3;1-5H;/q;;+1/p-1. The molecule has 0 N–H and O–H groups in total. The summed E-state index contributed by atoms with van der Waals surface area (Å²) in [4.78, 5) is 0. The minimum atomic E-state index is 0.810. The summed E-state index contributed by atoms with van der Waals surface area (Å²) in [5.41, 5.74) is 0. The molecule has 0 aromatic heterocycles. The second-order valence-corrected chi connectivity index (χ2v) is 8.95. The van der Waals surface area contributed by atoms with Crippen LogP contribution in [-0.4, -0.2) is 5.75 Å². The number of benzene rings is 1. The van der Waals surface area contributed by atoms with Crippen molar-refractivity contribution in [3.63, 3.8) is 0 Å². The van der Waals surface area contributed by atoms with Gasteiger partial charge < -0.3 is 12.6 Å². The SMILES string of the molecule is CCCCCCCCCCCC[S-].[Hg+][c]1ccccc1. The Hall–Kier alpha value is 0.505. The molecule has 2 heteroatoms. The summed E-state index contributed by atoms with van der Waals surface area (Å²) in [6, 6.07) is 10.6. The van der Waals surface area contributed by atoms with Crippen LogP contribution in [0.1, 0.15) is 71.1 Å². The van der Waals surface area contributed by atoms with Gasteiger partial charge in [0, 0.05) is 0 Å². The fourth-order valence-corrected chi connectivity index (χ4v) is 3.33. The van der Waals surface area contributed by atoms with Crippen LogP contribution >= 0.6 is 0 Å². The summed E-state index contributed by atoms with van der Waals surface area (Å²) >= 11 is 5.71. The third-order valence-electron chi connectivity index (χ3n) is 3.34. The molecule has 0 amide bonds. The fourth-order valence-electron chi connectivity index (χ4n) is 2.07. The van der Waals surface area contributed by atoms with Gasteiger partial charge in [0.25, 0.3) is 0 Å². The molecule has 0 radical (unpaired) electrons. The van der Waals surface area contributed by atoms with Gasteiger partial charge in [-0.15, -0.1) is 0 Å². The molecular formula is C18H30HgS. The van der Waals surface area contributed by atoms with Gasteiger partial charge in [0.05, 0.1) is 0 Å². The molecule has 0 nitrogen and oxygen atoms in total. The monoisotopic (exact) mass is 480 g/mol. The first-order valence-corrected chi connectivity index (χ1v) is 11.6. The Morgan fingerprint density at radius 1 is 0.750 bits per heavy atom. The number of unbranched alkanes of at least 4 members (excludes halogenated alkanes) is 9. The average Bonchev–Trinajstić information content (AvgIpc) is 2.47. The summed E-state index contributed by atoms with van der Waals surface area (Å²) in [6.45, 7) is 2.27. The van der Waals surface area contributed by atoms with E-state index in [2.05, 4.69) is 37.3 Å². The van der Waals surface area contributed by atoms with Crippen LogP contribution in [0.2, 0.25) is 0 Å². The van der Waals surface area contributed by atoms with Crippen molar-refractivity contribution in [3.8, 4) is 0 Å². The van der Waals surface area contributed by atoms with Crippen LogP contribution in [0.25, 0.3) is 0 Å². The Bertz CT molecular complexity index is 264. The second-order valence-electron chi connectivity index (χ2n) is 5.37. The molecule has 0 saturated carbocycles. The third kappa shape index (κ3) is 16.6. The Morgan fingerprint density at radius 2 is 1.20 bits per heavy atom. The summed E-state index contributed by atoms with van der Waals surface area (Å²) in [5, 5.41) is 0. The Morgan fingerprint density at radius 3 is 1.55 bits per heavy atom. The predicted molar refractivity (Wildman–Crippen MR) is 90.2 cm³/mol. The van der Waals surface area contributed by atoms with Gasteiger partial charge in [-0.1, -0.05) is 71.1 Å². The van der Waals surface area contributed by atoms with Crippen LogP contribution in [-0.2, 0) is 38.8 Å². The zero-order valence-electron chi connectivity index (χ0n) is 13.3. The van der Waals surface area contributed by atoms with E-state index in [4.69, 9.17) is 12.6 Å². The van der Waals surface area contributed by atoms with Gasteiger partial charge in [-0.3, -0.25) is 0 Å². The molecule has 1 aromatic carbocycles. The van der Waals surface area contributed by atoms with Gasteiger partial charge >= 0.3 is 59.5 Å². The number of rotatable bonds is 10. The van der Waals surface area contributed by atoms with E-state index in [9.17, 15) is 0 Å². The van der Waals surface area contributed by atoms with E-state index in [1.54, 1.807) is 0 Å². The van der Waals surface area contributed by atoms with E-state index in [1.165, 1.54) is 67.3 Å². The summed E-state index contributed by atoms with van der Waals surface area (Å²) in [7, 11) is 0. The fraction of sp³-hybridized carbons (Fsp3) is 0.667. The van der Waals surface area contributed by atoms with Crippen molar-refractivity contribution >= 4 is 15.7 Å². The molecule has 0 fully saturated rings. The van der Waals surface area contributed by atoms with Gasteiger partial charge in [0.15, 0.2) is 0 Å². The molecule has 0 aliphatic rings. The van der Waals surface area contributed by atoms with Crippen molar-refractivity contribution in [2.45, 2.75) is 71.1 Å². The molecule has 0 aliphatic carbocycles. The molecule has 1 rings (SSSR count). The van der Waals surface area contributed by atoms with Crippen molar-refractivity contribution < 1.29 is 26.1 Å². The van der Waals surface area contributed by atoms with Crippen LogP contribution in [0, 0.1) is 0 Å². The van der Waals surface area contributed by atoms with Crippen molar-refractivity contribution in [1.29, 1.82) is 0 Å². The van der Waals surface area contributed by atoms with E-state index in [1.807, 2.05) is 0 Å². The van der Waals surface area contributed by atoms with Crippen molar-refractivity contribution in [2.75, 3.05) is 5.75 Å². The van der Waals surface area contributed by atoms with Gasteiger partial charge in [-0.05, 0) is 0 Å². The molecule has 110 valence electrons. The van der Waals surface area contributed by atoms with Crippen molar-refractivity contribution in [1.82, 2.24) is 0 Å². The molecule has 0 bridgehead atoms. The van der Waals surface area contributed by atoms with E-state index in [0.29, 0.717) is 0 Å². The summed E-state index contributed by atoms with van der Waals surface area (Å²) in [5.74, 6) is 0.955. The van der Waals surface area contributed by atoms with Gasteiger partial charge in [-0.2, -0.15) is 5.75 Å². The summed E-state index contributed by atoms with van der Waals surface area (Å²) in [6.07, 6.45) is 14.0. The molecule has 0 atom stereocenters. The van der Waals surface area contributed by atoms with Crippen LogP contribution in [0.5, 0.6) is 0 Å². The Kier molecular flexibility index (Phi) is 18.0. The number of hydrogen-bond donors (Lipinski definition) is 0. The molecular weight excluding hydrogens is 449 g/mol. The third-order valence-corrected chi connectivity index (χ3v) is 5.46. The first kappa shape index (κ1) is 20.5. The van der Waals surface area contributed by atoms with Crippen molar-refractivity contribution in [2.24, 2.45) is 0 Å². The predicted octanol–water partition coefficient (Wildman–Crippen LogP) is 5.31. The quantitative estimate of drug-likeness (QED) is 0.249. The van der Waals surface area contributed by atoms with E-state index in [0.717, 1.165) is 31.9 Å².